The molecule has 1 aromatic carbocycles. The van der Waals surface area contributed by atoms with Crippen LogP contribution in [0.25, 0.3) is 0 Å². The zero-order chi connectivity index (χ0) is 17.0. The molecule has 25 heavy (non-hydrogen) atoms. The molecular weight excluding hydrogens is 429 g/mol. The highest BCUT2D eigenvalue weighted by molar-refractivity contribution is 14.0. The number of nitrogens with one attached hydrogen (secondary N) is 1. The minimum atomic E-state index is 0. The number of para-hydroxylation sites is 1. The zero-order valence-corrected chi connectivity index (χ0v) is 17.8. The van der Waals surface area contributed by atoms with Crippen LogP contribution < -0.4 is 10.1 Å². The first-order chi connectivity index (χ1) is 11.7. The summed E-state index contributed by atoms with van der Waals surface area (Å²) in [6.07, 6.45) is 3.53. The lowest BCUT2D eigenvalue weighted by Gasteiger charge is -2.27. The number of aliphatic imine (C=N–C) groups is 1. The topological polar surface area (TPSA) is 46.1 Å². The van der Waals surface area contributed by atoms with Gasteiger partial charge in [-0.15, -0.1) is 24.0 Å². The third-order valence-electron chi connectivity index (χ3n) is 5.25. The number of guanidine groups is 1. The van der Waals surface area contributed by atoms with E-state index in [9.17, 15) is 0 Å². The molecule has 1 aromatic rings. The van der Waals surface area contributed by atoms with E-state index in [4.69, 9.17) is 9.47 Å². The summed E-state index contributed by atoms with van der Waals surface area (Å²) in [4.78, 5) is 6.68. The van der Waals surface area contributed by atoms with Gasteiger partial charge in [0.15, 0.2) is 5.96 Å². The first kappa shape index (κ1) is 20.3. The highest BCUT2D eigenvalue weighted by Crippen LogP contribution is 2.50. The third kappa shape index (κ3) is 4.78. The first-order valence-electron chi connectivity index (χ1n) is 8.81. The quantitative estimate of drug-likeness (QED) is 0.404. The number of hydrogen-bond donors (Lipinski definition) is 1. The fourth-order valence-corrected chi connectivity index (χ4v) is 3.61. The van der Waals surface area contributed by atoms with Crippen molar-refractivity contribution < 1.29 is 9.47 Å². The molecule has 1 N–H and O–H groups in total. The molecule has 0 aromatic heterocycles. The Hall–Kier alpha value is -1.02. The minimum absolute atomic E-state index is 0. The van der Waals surface area contributed by atoms with Gasteiger partial charge in [0.25, 0.3) is 0 Å². The summed E-state index contributed by atoms with van der Waals surface area (Å²) < 4.78 is 11.0. The van der Waals surface area contributed by atoms with Gasteiger partial charge < -0.3 is 19.7 Å². The summed E-state index contributed by atoms with van der Waals surface area (Å²) >= 11 is 0. The average molecular weight is 459 g/mol. The predicted octanol–water partition coefficient (Wildman–Crippen LogP) is 2.89. The van der Waals surface area contributed by atoms with Crippen LogP contribution in [0.15, 0.2) is 29.3 Å². The van der Waals surface area contributed by atoms with E-state index in [-0.39, 0.29) is 29.4 Å². The second kappa shape index (κ2) is 9.07. The Balaban J connectivity index is 0.00000225. The van der Waals surface area contributed by atoms with Crippen molar-refractivity contribution in [3.05, 3.63) is 29.8 Å². The number of rotatable bonds is 6. The number of ether oxygens (including phenoxy) is 2. The smallest absolute Gasteiger partial charge is 0.193 e. The van der Waals surface area contributed by atoms with Gasteiger partial charge in [-0.05, 0) is 25.3 Å². The standard InChI is InChI=1S/C19H29N3O2.HI/c1-20-18(22(2)12-15-8-11-24-13-15)21-14-19(9-10-19)16-6-4-5-7-17(16)23-3;/h4-7,15H,8-14H2,1-3H3,(H,20,21);1H. The molecule has 0 bridgehead atoms. The molecule has 5 nitrogen and oxygen atoms in total. The largest absolute Gasteiger partial charge is 0.496 e. The van der Waals surface area contributed by atoms with Gasteiger partial charge >= 0.3 is 0 Å². The van der Waals surface area contributed by atoms with Crippen molar-refractivity contribution in [2.75, 3.05) is 47.5 Å². The lowest BCUT2D eigenvalue weighted by atomic mass is 9.95. The molecule has 0 spiro atoms. The van der Waals surface area contributed by atoms with Crippen LogP contribution in [0.5, 0.6) is 5.75 Å². The third-order valence-corrected chi connectivity index (χ3v) is 5.25. The second-order valence-electron chi connectivity index (χ2n) is 6.99. The van der Waals surface area contributed by atoms with E-state index in [1.54, 1.807) is 7.11 Å². The maximum Gasteiger partial charge on any atom is 0.193 e. The van der Waals surface area contributed by atoms with Gasteiger partial charge in [0.2, 0.25) is 0 Å². The fraction of sp³-hybridized carbons (Fsp3) is 0.632. The monoisotopic (exact) mass is 459 g/mol. The summed E-state index contributed by atoms with van der Waals surface area (Å²) in [7, 11) is 5.71. The highest BCUT2D eigenvalue weighted by Gasteiger charge is 2.46. The van der Waals surface area contributed by atoms with Crippen LogP contribution in [-0.4, -0.2) is 58.4 Å². The molecule has 1 heterocycles. The van der Waals surface area contributed by atoms with E-state index in [2.05, 4.69) is 40.5 Å². The van der Waals surface area contributed by atoms with E-state index in [1.807, 2.05) is 13.1 Å². The molecule has 0 radical (unpaired) electrons. The molecule has 140 valence electrons. The number of halogens is 1. The van der Waals surface area contributed by atoms with Crippen LogP contribution in [0.1, 0.15) is 24.8 Å². The summed E-state index contributed by atoms with van der Waals surface area (Å²) in [5.41, 5.74) is 1.49. The summed E-state index contributed by atoms with van der Waals surface area (Å²) in [6.45, 7) is 3.64. The van der Waals surface area contributed by atoms with Crippen molar-refractivity contribution in [3.63, 3.8) is 0 Å². The Labute approximate surface area is 168 Å². The van der Waals surface area contributed by atoms with Crippen molar-refractivity contribution in [2.45, 2.75) is 24.7 Å². The van der Waals surface area contributed by atoms with E-state index < -0.39 is 0 Å². The Morgan fingerprint density at radius 3 is 2.76 bits per heavy atom. The van der Waals surface area contributed by atoms with Crippen LogP contribution >= 0.6 is 24.0 Å². The second-order valence-corrected chi connectivity index (χ2v) is 6.99. The summed E-state index contributed by atoms with van der Waals surface area (Å²) in [5.74, 6) is 2.56. The lowest BCUT2D eigenvalue weighted by Crippen LogP contribution is -2.44. The molecule has 2 aliphatic rings. The molecular formula is C19H30IN3O2. The average Bonchev–Trinajstić information content (AvgIpc) is 3.23. The molecule has 0 amide bonds. The van der Waals surface area contributed by atoms with Crippen molar-refractivity contribution >= 4 is 29.9 Å². The van der Waals surface area contributed by atoms with Gasteiger partial charge in [-0.1, -0.05) is 18.2 Å². The maximum atomic E-state index is 5.56. The van der Waals surface area contributed by atoms with E-state index in [0.717, 1.165) is 44.4 Å². The Morgan fingerprint density at radius 1 is 1.40 bits per heavy atom. The molecule has 1 unspecified atom stereocenters. The Bertz CT molecular complexity index is 584. The summed E-state index contributed by atoms with van der Waals surface area (Å²) in [6, 6.07) is 8.37. The van der Waals surface area contributed by atoms with Gasteiger partial charge in [0, 0.05) is 50.7 Å². The molecule has 3 rings (SSSR count). The molecule has 6 heteroatoms. The van der Waals surface area contributed by atoms with Crippen LogP contribution in [0.4, 0.5) is 0 Å². The van der Waals surface area contributed by atoms with Gasteiger partial charge in [-0.25, -0.2) is 0 Å². The van der Waals surface area contributed by atoms with E-state index >= 15 is 0 Å². The normalized spacial score (nSPS) is 21.4. The van der Waals surface area contributed by atoms with Crippen LogP contribution in [-0.2, 0) is 10.2 Å². The van der Waals surface area contributed by atoms with Crippen LogP contribution in [0.3, 0.4) is 0 Å². The number of methoxy groups -OCH3 is 1. The van der Waals surface area contributed by atoms with Gasteiger partial charge in [-0.2, -0.15) is 0 Å². The number of nitrogens with zero attached hydrogens (tertiary/aromatic N) is 2. The molecule has 1 saturated carbocycles. The minimum Gasteiger partial charge on any atom is -0.496 e. The SMILES string of the molecule is CN=C(NCC1(c2ccccc2OC)CC1)N(C)CC1CCOC1.I. The van der Waals surface area contributed by atoms with E-state index in [1.165, 1.54) is 18.4 Å². The van der Waals surface area contributed by atoms with Crippen LogP contribution in [0, 0.1) is 5.92 Å². The number of hydrogen-bond acceptors (Lipinski definition) is 3. The van der Waals surface area contributed by atoms with Crippen molar-refractivity contribution in [3.8, 4) is 5.75 Å². The maximum absolute atomic E-state index is 5.56. The van der Waals surface area contributed by atoms with Crippen molar-refractivity contribution in [1.82, 2.24) is 10.2 Å². The molecule has 1 aliphatic carbocycles. The van der Waals surface area contributed by atoms with Crippen molar-refractivity contribution in [1.29, 1.82) is 0 Å². The summed E-state index contributed by atoms with van der Waals surface area (Å²) in [5, 5.41) is 3.58. The highest BCUT2D eigenvalue weighted by atomic mass is 127. The fourth-order valence-electron chi connectivity index (χ4n) is 3.61. The zero-order valence-electron chi connectivity index (χ0n) is 15.5. The molecule has 1 atom stereocenters. The van der Waals surface area contributed by atoms with E-state index in [0.29, 0.717) is 5.92 Å². The van der Waals surface area contributed by atoms with Gasteiger partial charge in [0.05, 0.1) is 13.7 Å². The van der Waals surface area contributed by atoms with Crippen molar-refractivity contribution in [2.24, 2.45) is 10.9 Å². The van der Waals surface area contributed by atoms with Gasteiger partial charge in [0.1, 0.15) is 5.75 Å². The lowest BCUT2D eigenvalue weighted by molar-refractivity contribution is 0.181. The molecule has 1 aliphatic heterocycles. The molecule has 1 saturated heterocycles. The Kier molecular flexibility index (Phi) is 7.37. The molecule has 2 fully saturated rings. The number of benzene rings is 1. The predicted molar refractivity (Wildman–Crippen MR) is 112 cm³/mol. The van der Waals surface area contributed by atoms with Gasteiger partial charge in [-0.3, -0.25) is 4.99 Å². The Morgan fingerprint density at radius 2 is 2.16 bits per heavy atom. The first-order valence-corrected chi connectivity index (χ1v) is 8.81. The van der Waals surface area contributed by atoms with Crippen LogP contribution in [0.2, 0.25) is 0 Å².